The summed E-state index contributed by atoms with van der Waals surface area (Å²) in [7, 11) is 0. The molecule has 2 aromatic heterocycles. The molecule has 5 nitrogen and oxygen atoms in total. The van der Waals surface area contributed by atoms with E-state index in [1.54, 1.807) is 11.8 Å². The molecule has 1 saturated carbocycles. The number of fused-ring (bicyclic) bond motifs is 2. The van der Waals surface area contributed by atoms with E-state index >= 15 is 0 Å². The maximum absolute atomic E-state index is 13.6. The number of halogens is 1. The van der Waals surface area contributed by atoms with E-state index in [1.165, 1.54) is 12.1 Å². The van der Waals surface area contributed by atoms with Crippen LogP contribution in [-0.2, 0) is 4.74 Å². The lowest BCUT2D eigenvalue weighted by molar-refractivity contribution is -0.159. The Balaban J connectivity index is 1.52. The Hall–Kier alpha value is -2.64. The van der Waals surface area contributed by atoms with E-state index in [4.69, 9.17) is 9.72 Å². The molecule has 152 valence electrons. The third-order valence-electron chi connectivity index (χ3n) is 6.35. The summed E-state index contributed by atoms with van der Waals surface area (Å²) in [4.78, 5) is 6.09. The first-order valence-corrected chi connectivity index (χ1v) is 11.3. The Morgan fingerprint density at radius 2 is 2.00 bits per heavy atom. The van der Waals surface area contributed by atoms with Gasteiger partial charge in [0, 0.05) is 27.8 Å². The fourth-order valence-electron chi connectivity index (χ4n) is 4.79. The minimum absolute atomic E-state index is 0.235. The summed E-state index contributed by atoms with van der Waals surface area (Å²) in [5, 5.41) is 13.0. The van der Waals surface area contributed by atoms with Gasteiger partial charge in [0.1, 0.15) is 11.6 Å². The van der Waals surface area contributed by atoms with Gasteiger partial charge >= 0.3 is 0 Å². The predicted molar refractivity (Wildman–Crippen MR) is 118 cm³/mol. The van der Waals surface area contributed by atoms with E-state index in [0.717, 1.165) is 69.7 Å². The van der Waals surface area contributed by atoms with Gasteiger partial charge < -0.3 is 10.1 Å². The van der Waals surface area contributed by atoms with Crippen molar-refractivity contribution in [3.8, 4) is 11.1 Å². The highest BCUT2D eigenvalue weighted by atomic mass is 32.2. The van der Waals surface area contributed by atoms with Gasteiger partial charge in [-0.2, -0.15) is 5.10 Å². The topological polar surface area (TPSA) is 62.8 Å². The van der Waals surface area contributed by atoms with Crippen LogP contribution in [0.15, 0.2) is 47.5 Å². The summed E-state index contributed by atoms with van der Waals surface area (Å²) in [5.41, 5.74) is 4.30. The first kappa shape index (κ1) is 18.2. The molecule has 7 heteroatoms. The lowest BCUT2D eigenvalue weighted by Gasteiger charge is -2.53. The number of nitrogens with zero attached hydrogens (tertiary/aromatic N) is 2. The number of aromatic nitrogens is 3. The number of aromatic amines is 1. The van der Waals surface area contributed by atoms with Gasteiger partial charge in [0.25, 0.3) is 0 Å². The first-order chi connectivity index (χ1) is 14.6. The fourth-order valence-corrected chi connectivity index (χ4v) is 5.52. The quantitative estimate of drug-likeness (QED) is 0.443. The first-order valence-electron chi connectivity index (χ1n) is 10.1. The molecule has 0 radical (unpaired) electrons. The number of thioether (sulfide) groups is 1. The Bertz CT molecular complexity index is 1260. The number of hydrogen-bond acceptors (Lipinski definition) is 5. The number of benzene rings is 2. The van der Waals surface area contributed by atoms with E-state index in [9.17, 15) is 4.39 Å². The van der Waals surface area contributed by atoms with Crippen LogP contribution >= 0.6 is 11.8 Å². The average molecular weight is 421 g/mol. The molecule has 2 N–H and O–H groups in total. The molecule has 0 unspecified atom stereocenters. The highest BCUT2D eigenvalue weighted by molar-refractivity contribution is 7.99. The van der Waals surface area contributed by atoms with Crippen LogP contribution in [0.25, 0.3) is 32.9 Å². The van der Waals surface area contributed by atoms with Crippen LogP contribution < -0.4 is 5.32 Å². The number of ether oxygens (including phenoxy) is 1. The van der Waals surface area contributed by atoms with E-state index < -0.39 is 0 Å². The van der Waals surface area contributed by atoms with Crippen molar-refractivity contribution in [3.63, 3.8) is 0 Å². The number of hydrogen-bond donors (Lipinski definition) is 2. The molecule has 2 aliphatic rings. The molecule has 30 heavy (non-hydrogen) atoms. The molecule has 1 saturated heterocycles. The van der Waals surface area contributed by atoms with Crippen molar-refractivity contribution >= 4 is 39.4 Å². The van der Waals surface area contributed by atoms with Crippen LogP contribution in [0.1, 0.15) is 12.8 Å². The molecule has 3 heterocycles. The standard InChI is InChI=1S/C23H21FN4OS/c1-30-21-20(13-2-4-15(24)5-3-13)17-6-14-10-25-28-18(14)7-19(17)27-22(21)26-16-8-23(9-16)11-29-12-23/h2-7,10,16H,8-9,11-12H2,1H3,(H,25,28)(H,26,27). The molecule has 0 atom stereocenters. The Morgan fingerprint density at radius 3 is 2.70 bits per heavy atom. The van der Waals surface area contributed by atoms with Crippen molar-refractivity contribution in [1.82, 2.24) is 15.2 Å². The van der Waals surface area contributed by atoms with Crippen LogP contribution in [0.5, 0.6) is 0 Å². The number of nitrogens with one attached hydrogen (secondary N) is 2. The van der Waals surface area contributed by atoms with Gasteiger partial charge in [-0.1, -0.05) is 12.1 Å². The predicted octanol–water partition coefficient (Wildman–Crippen LogP) is 5.23. The van der Waals surface area contributed by atoms with Crippen LogP contribution in [0.2, 0.25) is 0 Å². The molecule has 1 spiro atoms. The van der Waals surface area contributed by atoms with Gasteiger partial charge in [-0.3, -0.25) is 5.10 Å². The molecule has 2 fully saturated rings. The smallest absolute Gasteiger partial charge is 0.141 e. The highest BCUT2D eigenvalue weighted by Crippen LogP contribution is 2.49. The summed E-state index contributed by atoms with van der Waals surface area (Å²) in [5.74, 6) is 0.661. The number of rotatable bonds is 4. The van der Waals surface area contributed by atoms with Gasteiger partial charge in [-0.15, -0.1) is 11.8 Å². The monoisotopic (exact) mass is 420 g/mol. The number of anilines is 1. The van der Waals surface area contributed by atoms with E-state index in [2.05, 4.69) is 27.8 Å². The fraction of sp³-hybridized carbons (Fsp3) is 0.304. The molecule has 4 aromatic rings. The van der Waals surface area contributed by atoms with Crippen LogP contribution in [0.4, 0.5) is 10.2 Å². The van der Waals surface area contributed by atoms with Crippen molar-refractivity contribution < 1.29 is 9.13 Å². The lowest BCUT2D eigenvalue weighted by Crippen LogP contribution is -2.56. The highest BCUT2D eigenvalue weighted by Gasteiger charge is 2.50. The summed E-state index contributed by atoms with van der Waals surface area (Å²) in [6, 6.07) is 11.3. The van der Waals surface area contributed by atoms with Gasteiger partial charge in [-0.05, 0) is 48.9 Å². The molecule has 1 aliphatic heterocycles. The van der Waals surface area contributed by atoms with Crippen molar-refractivity contribution in [1.29, 1.82) is 0 Å². The Kier molecular flexibility index (Phi) is 4.05. The van der Waals surface area contributed by atoms with Crippen molar-refractivity contribution in [3.05, 3.63) is 48.4 Å². The number of H-pyrrole nitrogens is 1. The summed E-state index contributed by atoms with van der Waals surface area (Å²) < 4.78 is 19.0. The summed E-state index contributed by atoms with van der Waals surface area (Å²) >= 11 is 1.67. The second-order valence-corrected chi connectivity index (χ2v) is 9.26. The Labute approximate surface area is 177 Å². The summed E-state index contributed by atoms with van der Waals surface area (Å²) in [6.45, 7) is 1.76. The SMILES string of the molecule is CSc1c(NC2CC3(COC3)C2)nc2cc3[nH]ncc3cc2c1-c1ccc(F)cc1. The van der Waals surface area contributed by atoms with E-state index in [-0.39, 0.29) is 5.82 Å². The zero-order valence-corrected chi connectivity index (χ0v) is 17.4. The third-order valence-corrected chi connectivity index (χ3v) is 7.16. The third kappa shape index (κ3) is 2.80. The van der Waals surface area contributed by atoms with Gasteiger partial charge in [0.2, 0.25) is 0 Å². The van der Waals surface area contributed by atoms with Gasteiger partial charge in [0.15, 0.2) is 0 Å². The molecular formula is C23H21FN4OS. The second-order valence-electron chi connectivity index (χ2n) is 8.44. The van der Waals surface area contributed by atoms with E-state index in [0.29, 0.717) is 11.5 Å². The van der Waals surface area contributed by atoms with E-state index in [1.807, 2.05) is 24.4 Å². The number of pyridine rings is 1. The van der Waals surface area contributed by atoms with Gasteiger partial charge in [0.05, 0.1) is 35.3 Å². The average Bonchev–Trinajstić information content (AvgIpc) is 3.14. The minimum Gasteiger partial charge on any atom is -0.380 e. The largest absolute Gasteiger partial charge is 0.380 e. The van der Waals surface area contributed by atoms with Crippen LogP contribution in [0.3, 0.4) is 0 Å². The summed E-state index contributed by atoms with van der Waals surface area (Å²) in [6.07, 6.45) is 6.13. The van der Waals surface area contributed by atoms with Crippen LogP contribution in [-0.4, -0.2) is 40.7 Å². The zero-order valence-electron chi connectivity index (χ0n) is 16.5. The Morgan fingerprint density at radius 1 is 1.20 bits per heavy atom. The molecule has 0 amide bonds. The molecule has 1 aliphatic carbocycles. The normalized spacial score (nSPS) is 17.9. The van der Waals surface area contributed by atoms with Crippen molar-refractivity contribution in [2.75, 3.05) is 24.8 Å². The lowest BCUT2D eigenvalue weighted by atomic mass is 9.64. The van der Waals surface area contributed by atoms with Crippen LogP contribution in [0, 0.1) is 11.2 Å². The minimum atomic E-state index is -0.235. The maximum Gasteiger partial charge on any atom is 0.141 e. The van der Waals surface area contributed by atoms with Crippen molar-refractivity contribution in [2.24, 2.45) is 5.41 Å². The molecule has 2 aromatic carbocycles. The van der Waals surface area contributed by atoms with Gasteiger partial charge in [-0.25, -0.2) is 9.37 Å². The maximum atomic E-state index is 13.6. The molecule has 6 rings (SSSR count). The second kappa shape index (κ2) is 6.68. The molecular weight excluding hydrogens is 399 g/mol. The zero-order chi connectivity index (χ0) is 20.3. The van der Waals surface area contributed by atoms with Crippen molar-refractivity contribution in [2.45, 2.75) is 23.8 Å². The molecule has 0 bridgehead atoms.